The first kappa shape index (κ1) is 19.0. The zero-order chi connectivity index (χ0) is 16.3. The molecule has 0 atom stereocenters. The largest absolute Gasteiger partial charge is 0.216 e. The van der Waals surface area contributed by atoms with E-state index in [2.05, 4.69) is 6.92 Å². The van der Waals surface area contributed by atoms with Gasteiger partial charge in [0.05, 0.1) is 6.33 Å². The van der Waals surface area contributed by atoms with Crippen molar-refractivity contribution >= 4 is 0 Å². The molecule has 0 aliphatic heterocycles. The summed E-state index contributed by atoms with van der Waals surface area (Å²) in [6, 6.07) is 0. The highest BCUT2D eigenvalue weighted by Crippen LogP contribution is 2.43. The molecule has 2 fully saturated rings. The van der Waals surface area contributed by atoms with Gasteiger partial charge in [0.15, 0.2) is 0 Å². The average molecular weight is 323 g/mol. The number of hydrogen-bond donors (Lipinski definition) is 0. The summed E-state index contributed by atoms with van der Waals surface area (Å²) in [6.07, 6.45) is 23.5. The fraction of sp³-hybridized carbons (Fsp3) is 0.909. The van der Waals surface area contributed by atoms with Gasteiger partial charge in [0.1, 0.15) is 0 Å². The zero-order valence-electron chi connectivity index (χ0n) is 15.4. The van der Waals surface area contributed by atoms with E-state index < -0.39 is 0 Å². The van der Waals surface area contributed by atoms with Crippen molar-refractivity contribution in [3.63, 3.8) is 0 Å². The van der Waals surface area contributed by atoms with Crippen molar-refractivity contribution < 1.29 is 4.39 Å². The molecule has 0 saturated heterocycles. The molecule has 2 rings (SSSR count). The highest BCUT2D eigenvalue weighted by molar-refractivity contribution is 4.83. The first-order chi connectivity index (χ1) is 11.3. The van der Waals surface area contributed by atoms with Crippen molar-refractivity contribution in [2.24, 2.45) is 23.7 Å². The van der Waals surface area contributed by atoms with Gasteiger partial charge >= 0.3 is 0 Å². The highest BCUT2D eigenvalue weighted by atomic mass is 19.1. The van der Waals surface area contributed by atoms with E-state index in [1.54, 1.807) is 6.08 Å². The van der Waals surface area contributed by atoms with Crippen molar-refractivity contribution in [1.82, 2.24) is 0 Å². The Labute approximate surface area is 144 Å². The third kappa shape index (κ3) is 6.98. The average Bonchev–Trinajstić information content (AvgIpc) is 2.60. The SMILES string of the molecule is CCCCCC[C@H]1CC[C@H]([C@H]2CC[C@H](CC/C=C/F)CC2)CC1. The van der Waals surface area contributed by atoms with Crippen LogP contribution in [0.2, 0.25) is 0 Å². The van der Waals surface area contributed by atoms with E-state index >= 15 is 0 Å². The lowest BCUT2D eigenvalue weighted by molar-refractivity contribution is 0.140. The Kier molecular flexibility index (Phi) is 9.31. The highest BCUT2D eigenvalue weighted by Gasteiger charge is 2.30. The van der Waals surface area contributed by atoms with E-state index in [4.69, 9.17) is 0 Å². The Morgan fingerprint density at radius 1 is 0.739 bits per heavy atom. The summed E-state index contributed by atoms with van der Waals surface area (Å²) in [6.45, 7) is 2.30. The summed E-state index contributed by atoms with van der Waals surface area (Å²) in [5.41, 5.74) is 0. The van der Waals surface area contributed by atoms with E-state index in [0.29, 0.717) is 6.33 Å². The van der Waals surface area contributed by atoms with Gasteiger partial charge in [-0.1, -0.05) is 70.8 Å². The van der Waals surface area contributed by atoms with Crippen LogP contribution in [0.4, 0.5) is 4.39 Å². The van der Waals surface area contributed by atoms with Crippen LogP contribution in [-0.4, -0.2) is 0 Å². The summed E-state index contributed by atoms with van der Waals surface area (Å²) in [5.74, 6) is 3.97. The summed E-state index contributed by atoms with van der Waals surface area (Å²) >= 11 is 0. The van der Waals surface area contributed by atoms with E-state index in [0.717, 1.165) is 30.1 Å². The van der Waals surface area contributed by atoms with Crippen LogP contribution in [0.1, 0.15) is 103 Å². The molecule has 2 aliphatic rings. The molecule has 0 N–H and O–H groups in total. The van der Waals surface area contributed by atoms with Crippen LogP contribution >= 0.6 is 0 Å². The van der Waals surface area contributed by atoms with Crippen LogP contribution in [0.25, 0.3) is 0 Å². The van der Waals surface area contributed by atoms with Gasteiger partial charge in [-0.3, -0.25) is 0 Å². The Hall–Kier alpha value is -0.330. The van der Waals surface area contributed by atoms with Crippen LogP contribution in [0.15, 0.2) is 12.4 Å². The maximum Gasteiger partial charge on any atom is 0.0827 e. The van der Waals surface area contributed by atoms with Gasteiger partial charge in [0, 0.05) is 0 Å². The number of unbranched alkanes of at least 4 members (excludes halogenated alkanes) is 3. The van der Waals surface area contributed by atoms with Gasteiger partial charge in [0.25, 0.3) is 0 Å². The molecule has 1 heteroatoms. The predicted octanol–water partition coefficient (Wildman–Crippen LogP) is 7.83. The quantitative estimate of drug-likeness (QED) is 0.379. The third-order valence-electron chi connectivity index (χ3n) is 6.75. The molecule has 0 bridgehead atoms. The molecule has 0 spiro atoms. The van der Waals surface area contributed by atoms with Gasteiger partial charge in [-0.05, 0) is 62.2 Å². The van der Waals surface area contributed by atoms with Gasteiger partial charge in [-0.2, -0.15) is 0 Å². The van der Waals surface area contributed by atoms with Crippen molar-refractivity contribution in [1.29, 1.82) is 0 Å². The molecule has 0 aromatic carbocycles. The minimum atomic E-state index is 0.715. The van der Waals surface area contributed by atoms with Crippen LogP contribution in [-0.2, 0) is 0 Å². The number of rotatable bonds is 9. The van der Waals surface area contributed by atoms with Crippen molar-refractivity contribution in [3.8, 4) is 0 Å². The molecule has 0 nitrogen and oxygen atoms in total. The molecule has 2 saturated carbocycles. The Bertz CT molecular complexity index is 306. The minimum absolute atomic E-state index is 0.715. The summed E-state index contributed by atoms with van der Waals surface area (Å²) in [4.78, 5) is 0. The Morgan fingerprint density at radius 2 is 1.30 bits per heavy atom. The van der Waals surface area contributed by atoms with Crippen LogP contribution in [0.5, 0.6) is 0 Å². The van der Waals surface area contributed by atoms with E-state index in [1.807, 2.05) is 0 Å². The molecule has 0 radical (unpaired) electrons. The standard InChI is InChI=1S/C22H39F/c1-2-3-4-5-8-19-10-14-21(15-11-19)22-16-12-20(13-17-22)9-6-7-18-23/h7,18-22H,2-6,8-17H2,1H3/b18-7+/t19-,20-,21-,22-. The van der Waals surface area contributed by atoms with Crippen LogP contribution in [0, 0.1) is 23.7 Å². The first-order valence-electron chi connectivity index (χ1n) is 10.6. The Balaban J connectivity index is 1.57. The number of hydrogen-bond acceptors (Lipinski definition) is 0. The molecule has 134 valence electrons. The van der Waals surface area contributed by atoms with Crippen molar-refractivity contribution in [2.45, 2.75) is 103 Å². The minimum Gasteiger partial charge on any atom is -0.216 e. The fourth-order valence-electron chi connectivity index (χ4n) is 5.15. The molecule has 0 heterocycles. The van der Waals surface area contributed by atoms with Gasteiger partial charge in [0.2, 0.25) is 0 Å². The lowest BCUT2D eigenvalue weighted by atomic mass is 9.68. The predicted molar refractivity (Wildman–Crippen MR) is 99.1 cm³/mol. The van der Waals surface area contributed by atoms with Crippen molar-refractivity contribution in [2.75, 3.05) is 0 Å². The third-order valence-corrected chi connectivity index (χ3v) is 6.75. The second-order valence-electron chi connectivity index (χ2n) is 8.35. The number of allylic oxidation sites excluding steroid dienone is 1. The van der Waals surface area contributed by atoms with Gasteiger partial charge in [-0.15, -0.1) is 0 Å². The maximum atomic E-state index is 12.0. The fourth-order valence-corrected chi connectivity index (χ4v) is 5.15. The van der Waals surface area contributed by atoms with E-state index in [-0.39, 0.29) is 0 Å². The molecule has 0 amide bonds. The van der Waals surface area contributed by atoms with E-state index in [1.165, 1.54) is 89.9 Å². The summed E-state index contributed by atoms with van der Waals surface area (Å²) < 4.78 is 12.0. The van der Waals surface area contributed by atoms with Gasteiger partial charge in [-0.25, -0.2) is 4.39 Å². The molecular formula is C22H39F. The molecule has 0 aromatic heterocycles. The second-order valence-corrected chi connectivity index (χ2v) is 8.35. The van der Waals surface area contributed by atoms with Crippen LogP contribution < -0.4 is 0 Å². The molecule has 0 aromatic rings. The zero-order valence-corrected chi connectivity index (χ0v) is 15.4. The topological polar surface area (TPSA) is 0 Å². The number of halogens is 1. The molecular weight excluding hydrogens is 283 g/mol. The molecule has 2 aliphatic carbocycles. The molecule has 0 unspecified atom stereocenters. The normalized spacial score (nSPS) is 32.4. The second kappa shape index (κ2) is 11.3. The van der Waals surface area contributed by atoms with Crippen LogP contribution in [0.3, 0.4) is 0 Å². The smallest absolute Gasteiger partial charge is 0.0827 e. The summed E-state index contributed by atoms with van der Waals surface area (Å²) in [5, 5.41) is 0. The van der Waals surface area contributed by atoms with Gasteiger partial charge < -0.3 is 0 Å². The first-order valence-corrected chi connectivity index (χ1v) is 10.6. The van der Waals surface area contributed by atoms with Crippen molar-refractivity contribution in [3.05, 3.63) is 12.4 Å². The van der Waals surface area contributed by atoms with E-state index in [9.17, 15) is 4.39 Å². The Morgan fingerprint density at radius 3 is 1.83 bits per heavy atom. The lowest BCUT2D eigenvalue weighted by Crippen LogP contribution is -2.25. The lowest BCUT2D eigenvalue weighted by Gasteiger charge is -2.38. The maximum absolute atomic E-state index is 12.0. The summed E-state index contributed by atoms with van der Waals surface area (Å²) in [7, 11) is 0. The molecule has 23 heavy (non-hydrogen) atoms. The monoisotopic (exact) mass is 322 g/mol.